The molecule has 0 radical (unpaired) electrons. The van der Waals surface area contributed by atoms with E-state index in [0.717, 1.165) is 0 Å². The fourth-order valence-electron chi connectivity index (χ4n) is 1.07. The normalized spacial score (nSPS) is 10.5. The lowest BCUT2D eigenvalue weighted by Crippen LogP contribution is -2.06. The topological polar surface area (TPSA) is 50.1 Å². The van der Waals surface area contributed by atoms with Gasteiger partial charge in [-0.1, -0.05) is 24.8 Å². The number of carbonyl (C=O) groups excluding carboxylic acids is 1. The fourth-order valence-corrected chi connectivity index (χ4v) is 1.07. The van der Waals surface area contributed by atoms with Crippen molar-refractivity contribution in [3.05, 3.63) is 53.9 Å². The number of rotatable bonds is 4. The molecule has 17 heavy (non-hydrogen) atoms. The van der Waals surface area contributed by atoms with Crippen molar-refractivity contribution in [2.75, 3.05) is 6.61 Å². The predicted molar refractivity (Wildman–Crippen MR) is 61.1 cm³/mol. The molecule has 0 spiro atoms. The van der Waals surface area contributed by atoms with Crippen molar-refractivity contribution in [2.24, 2.45) is 0 Å². The summed E-state index contributed by atoms with van der Waals surface area (Å²) in [7, 11) is 0. The molecule has 0 fully saturated rings. The van der Waals surface area contributed by atoms with Gasteiger partial charge >= 0.3 is 5.97 Å². The largest absolute Gasteiger partial charge is 0.457 e. The maximum absolute atomic E-state index is 12.6. The fraction of sp³-hybridized carbons (Fsp3) is 0.0769. The van der Waals surface area contributed by atoms with E-state index in [-0.39, 0.29) is 18.0 Å². The average molecular weight is 231 g/mol. The van der Waals surface area contributed by atoms with Crippen LogP contribution in [0.5, 0.6) is 0 Å². The Morgan fingerprint density at radius 2 is 2.12 bits per heavy atom. The van der Waals surface area contributed by atoms with E-state index in [4.69, 9.17) is 10.00 Å². The molecule has 0 aromatic heterocycles. The molecule has 0 bridgehead atoms. The minimum Gasteiger partial charge on any atom is -0.457 e. The Morgan fingerprint density at radius 1 is 1.47 bits per heavy atom. The number of carbonyl (C=O) groups is 1. The SMILES string of the molecule is C=CCOC(=O)/C(C#N)=C\c1ccc(F)cc1. The molecule has 1 rings (SSSR count). The smallest absolute Gasteiger partial charge is 0.349 e. The van der Waals surface area contributed by atoms with Gasteiger partial charge in [-0.25, -0.2) is 9.18 Å². The summed E-state index contributed by atoms with van der Waals surface area (Å²) in [5, 5.41) is 8.79. The molecule has 0 atom stereocenters. The predicted octanol–water partition coefficient (Wildman–Crippen LogP) is 2.46. The van der Waals surface area contributed by atoms with Crippen LogP contribution in [0.1, 0.15) is 5.56 Å². The molecule has 1 aromatic carbocycles. The lowest BCUT2D eigenvalue weighted by Gasteiger charge is -2.00. The van der Waals surface area contributed by atoms with Crippen LogP contribution < -0.4 is 0 Å². The lowest BCUT2D eigenvalue weighted by molar-refractivity contribution is -0.137. The summed E-state index contributed by atoms with van der Waals surface area (Å²) in [6.07, 6.45) is 2.75. The summed E-state index contributed by atoms with van der Waals surface area (Å²) in [6, 6.07) is 7.16. The van der Waals surface area contributed by atoms with E-state index in [9.17, 15) is 9.18 Å². The van der Waals surface area contributed by atoms with Gasteiger partial charge in [-0.05, 0) is 23.8 Å². The van der Waals surface area contributed by atoms with Crippen LogP contribution in [-0.4, -0.2) is 12.6 Å². The highest BCUT2D eigenvalue weighted by Gasteiger charge is 2.09. The van der Waals surface area contributed by atoms with Crippen LogP contribution in [0.4, 0.5) is 4.39 Å². The van der Waals surface area contributed by atoms with Gasteiger partial charge in [0.1, 0.15) is 24.1 Å². The molecule has 0 aliphatic carbocycles. The standard InChI is InChI=1S/C13H10FNO2/c1-2-7-17-13(16)11(9-15)8-10-3-5-12(14)6-4-10/h2-6,8H,1,7H2/b11-8-. The molecule has 0 amide bonds. The second-order valence-corrected chi connectivity index (χ2v) is 3.11. The Kier molecular flexibility index (Phi) is 4.64. The molecule has 0 aliphatic rings. The van der Waals surface area contributed by atoms with Gasteiger partial charge in [-0.2, -0.15) is 5.26 Å². The van der Waals surface area contributed by atoms with Gasteiger partial charge in [0.05, 0.1) is 0 Å². The number of ether oxygens (including phenoxy) is 1. The van der Waals surface area contributed by atoms with E-state index < -0.39 is 5.97 Å². The van der Waals surface area contributed by atoms with Gasteiger partial charge in [0.15, 0.2) is 0 Å². The lowest BCUT2D eigenvalue weighted by atomic mass is 10.1. The third-order valence-electron chi connectivity index (χ3n) is 1.85. The number of nitrogens with zero attached hydrogens (tertiary/aromatic N) is 1. The van der Waals surface area contributed by atoms with Crippen molar-refractivity contribution in [3.63, 3.8) is 0 Å². The Morgan fingerprint density at radius 3 is 2.65 bits per heavy atom. The first-order valence-corrected chi connectivity index (χ1v) is 4.82. The molecule has 1 aromatic rings. The molecular weight excluding hydrogens is 221 g/mol. The monoisotopic (exact) mass is 231 g/mol. The molecule has 0 unspecified atom stereocenters. The van der Waals surface area contributed by atoms with Crippen molar-refractivity contribution in [1.29, 1.82) is 5.26 Å². The van der Waals surface area contributed by atoms with E-state index in [1.54, 1.807) is 6.07 Å². The van der Waals surface area contributed by atoms with Gasteiger partial charge in [-0.15, -0.1) is 0 Å². The summed E-state index contributed by atoms with van der Waals surface area (Å²) < 4.78 is 17.4. The Bertz CT molecular complexity index is 483. The number of hydrogen-bond donors (Lipinski definition) is 0. The van der Waals surface area contributed by atoms with Gasteiger partial charge in [0, 0.05) is 0 Å². The summed E-state index contributed by atoms with van der Waals surface area (Å²) in [4.78, 5) is 11.4. The molecule has 0 aliphatic heterocycles. The Balaban J connectivity index is 2.87. The zero-order valence-corrected chi connectivity index (χ0v) is 9.02. The van der Waals surface area contributed by atoms with Crippen molar-refractivity contribution in [3.8, 4) is 6.07 Å². The summed E-state index contributed by atoms with van der Waals surface area (Å²) in [6.45, 7) is 3.43. The molecule has 3 nitrogen and oxygen atoms in total. The first-order chi connectivity index (χ1) is 8.17. The van der Waals surface area contributed by atoms with Gasteiger partial charge < -0.3 is 4.74 Å². The molecule has 0 saturated heterocycles. The van der Waals surface area contributed by atoms with E-state index in [1.807, 2.05) is 0 Å². The number of nitriles is 1. The number of esters is 1. The number of benzene rings is 1. The van der Waals surface area contributed by atoms with Gasteiger partial charge in [0.2, 0.25) is 0 Å². The molecule has 0 N–H and O–H groups in total. The van der Waals surface area contributed by atoms with E-state index in [0.29, 0.717) is 5.56 Å². The van der Waals surface area contributed by atoms with Crippen molar-refractivity contribution in [2.45, 2.75) is 0 Å². The zero-order chi connectivity index (χ0) is 12.7. The first kappa shape index (κ1) is 12.7. The highest BCUT2D eigenvalue weighted by Crippen LogP contribution is 2.09. The summed E-state index contributed by atoms with van der Waals surface area (Å²) in [5.74, 6) is -1.10. The molecule has 86 valence electrons. The minimum absolute atomic E-state index is 0.0429. The number of hydrogen-bond acceptors (Lipinski definition) is 3. The van der Waals surface area contributed by atoms with Crippen molar-refractivity contribution < 1.29 is 13.9 Å². The third-order valence-corrected chi connectivity index (χ3v) is 1.85. The van der Waals surface area contributed by atoms with Crippen LogP contribution in [0.25, 0.3) is 6.08 Å². The second-order valence-electron chi connectivity index (χ2n) is 3.11. The van der Waals surface area contributed by atoms with Crippen molar-refractivity contribution >= 4 is 12.0 Å². The van der Waals surface area contributed by atoms with Crippen LogP contribution >= 0.6 is 0 Å². The van der Waals surface area contributed by atoms with E-state index >= 15 is 0 Å². The van der Waals surface area contributed by atoms with Crippen LogP contribution in [0, 0.1) is 17.1 Å². The maximum Gasteiger partial charge on any atom is 0.349 e. The van der Waals surface area contributed by atoms with E-state index in [1.165, 1.54) is 36.4 Å². The Hall–Kier alpha value is -2.41. The Labute approximate surface area is 98.4 Å². The molecular formula is C13H10FNO2. The van der Waals surface area contributed by atoms with Crippen molar-refractivity contribution in [1.82, 2.24) is 0 Å². The molecule has 0 saturated carbocycles. The van der Waals surface area contributed by atoms with Crippen LogP contribution in [0.3, 0.4) is 0 Å². The summed E-state index contributed by atoms with van der Waals surface area (Å²) in [5.41, 5.74) is 0.414. The molecule has 0 heterocycles. The van der Waals surface area contributed by atoms with E-state index in [2.05, 4.69) is 6.58 Å². The first-order valence-electron chi connectivity index (χ1n) is 4.82. The quantitative estimate of drug-likeness (QED) is 0.346. The van der Waals surface area contributed by atoms with Crippen LogP contribution in [0.15, 0.2) is 42.5 Å². The maximum atomic E-state index is 12.6. The summed E-state index contributed by atoms with van der Waals surface area (Å²) >= 11 is 0. The highest BCUT2D eigenvalue weighted by atomic mass is 19.1. The zero-order valence-electron chi connectivity index (χ0n) is 9.02. The average Bonchev–Trinajstić information content (AvgIpc) is 2.35. The minimum atomic E-state index is -0.725. The van der Waals surface area contributed by atoms with Crippen LogP contribution in [-0.2, 0) is 9.53 Å². The second kappa shape index (κ2) is 6.23. The van der Waals surface area contributed by atoms with Crippen LogP contribution in [0.2, 0.25) is 0 Å². The third kappa shape index (κ3) is 3.92. The highest BCUT2D eigenvalue weighted by molar-refractivity contribution is 5.97. The number of halogens is 1. The molecule has 4 heteroatoms. The van der Waals surface area contributed by atoms with Gasteiger partial charge in [-0.3, -0.25) is 0 Å². The van der Waals surface area contributed by atoms with Gasteiger partial charge in [0.25, 0.3) is 0 Å².